The number of ketones is 2. The number of ether oxygens (including phenoxy) is 3. The third-order valence-corrected chi connectivity index (χ3v) is 8.61. The molecule has 39 heavy (non-hydrogen) atoms. The fourth-order valence-corrected chi connectivity index (χ4v) is 6.48. The number of carbonyl (C=O) groups excluding carboxylic acids is 3. The third kappa shape index (κ3) is 3.21. The van der Waals surface area contributed by atoms with Crippen molar-refractivity contribution in [1.82, 2.24) is 14.5 Å². The molecule has 0 saturated carbocycles. The number of benzene rings is 2. The summed E-state index contributed by atoms with van der Waals surface area (Å²) in [5, 5.41) is 2.93. The van der Waals surface area contributed by atoms with Gasteiger partial charge in [-0.1, -0.05) is 24.6 Å². The molecule has 2 aromatic carbocycles. The van der Waals surface area contributed by atoms with E-state index in [9.17, 15) is 19.2 Å². The van der Waals surface area contributed by atoms with Crippen molar-refractivity contribution in [3.63, 3.8) is 0 Å². The highest BCUT2D eigenvalue weighted by Gasteiger charge is 2.63. The molecule has 0 saturated heterocycles. The van der Waals surface area contributed by atoms with Gasteiger partial charge in [0.05, 0.1) is 25.3 Å². The number of aromatic nitrogens is 2. The number of fused-ring (bicyclic) bond motifs is 2. The van der Waals surface area contributed by atoms with Gasteiger partial charge in [-0.2, -0.15) is 0 Å². The number of imidazole rings is 1. The van der Waals surface area contributed by atoms with Crippen molar-refractivity contribution < 1.29 is 28.6 Å². The van der Waals surface area contributed by atoms with Gasteiger partial charge in [-0.05, 0) is 24.1 Å². The summed E-state index contributed by atoms with van der Waals surface area (Å²) in [7, 11) is 6.19. The van der Waals surface area contributed by atoms with Crippen LogP contribution in [-0.4, -0.2) is 46.4 Å². The van der Waals surface area contributed by atoms with Crippen molar-refractivity contribution in [3.8, 4) is 17.2 Å². The van der Waals surface area contributed by atoms with E-state index < -0.39 is 29.0 Å². The monoisotopic (exact) mass is 551 g/mol. The molecule has 0 unspecified atom stereocenters. The van der Waals surface area contributed by atoms with Gasteiger partial charge in [0, 0.05) is 49.7 Å². The Morgan fingerprint density at radius 1 is 0.974 bits per heavy atom. The molecule has 10 nitrogen and oxygen atoms in total. The maximum atomic E-state index is 14.5. The number of hydrogen-bond acceptors (Lipinski definition) is 7. The number of nitrogens with zero attached hydrogens (tertiary/aromatic N) is 2. The Labute approximate surface area is 228 Å². The lowest BCUT2D eigenvalue weighted by Crippen LogP contribution is -2.59. The highest BCUT2D eigenvalue weighted by Crippen LogP contribution is 2.55. The lowest BCUT2D eigenvalue weighted by atomic mass is 9.66. The summed E-state index contributed by atoms with van der Waals surface area (Å²) in [5.74, 6) is -2.08. The van der Waals surface area contributed by atoms with Crippen LogP contribution in [0.5, 0.6) is 17.2 Å². The van der Waals surface area contributed by atoms with Gasteiger partial charge in [-0.3, -0.25) is 23.5 Å². The van der Waals surface area contributed by atoms with E-state index in [1.807, 2.05) is 12.1 Å². The van der Waals surface area contributed by atoms with E-state index in [0.29, 0.717) is 22.4 Å². The number of hydrogen-bond donors (Lipinski definition) is 1. The summed E-state index contributed by atoms with van der Waals surface area (Å²) < 4.78 is 20.1. The van der Waals surface area contributed by atoms with Crippen molar-refractivity contribution in [2.45, 2.75) is 31.3 Å². The Kier molecular flexibility index (Phi) is 5.48. The molecule has 6 rings (SSSR count). The number of rotatable bonds is 3. The molecule has 202 valence electrons. The van der Waals surface area contributed by atoms with Gasteiger partial charge < -0.3 is 19.5 Å². The quantitative estimate of drug-likeness (QED) is 0.497. The minimum Gasteiger partial charge on any atom is -0.496 e. The molecule has 3 aromatic rings. The van der Waals surface area contributed by atoms with Gasteiger partial charge in [-0.25, -0.2) is 4.79 Å². The number of aryl methyl sites for hydroxylation is 2. The van der Waals surface area contributed by atoms with Crippen molar-refractivity contribution in [1.29, 1.82) is 0 Å². The fourth-order valence-electron chi connectivity index (χ4n) is 6.21. The van der Waals surface area contributed by atoms with Crippen LogP contribution in [0.25, 0.3) is 11.0 Å². The van der Waals surface area contributed by atoms with Crippen LogP contribution < -0.4 is 25.2 Å². The van der Waals surface area contributed by atoms with Gasteiger partial charge in [0.1, 0.15) is 22.1 Å². The minimum absolute atomic E-state index is 0.000357. The van der Waals surface area contributed by atoms with Gasteiger partial charge in [0.25, 0.3) is 0 Å². The second-order valence-corrected chi connectivity index (χ2v) is 10.6. The largest absolute Gasteiger partial charge is 0.496 e. The van der Waals surface area contributed by atoms with Crippen molar-refractivity contribution in [3.05, 3.63) is 62.2 Å². The van der Waals surface area contributed by atoms with Crippen LogP contribution in [0.1, 0.15) is 41.6 Å². The van der Waals surface area contributed by atoms with Crippen molar-refractivity contribution in [2.75, 3.05) is 14.2 Å². The second kappa shape index (κ2) is 8.47. The molecule has 1 N–H and O–H groups in total. The molecule has 3 heterocycles. The summed E-state index contributed by atoms with van der Waals surface area (Å²) in [5.41, 5.74) is 0.891. The molecular formula is C28H26ClN3O7. The first-order chi connectivity index (χ1) is 18.5. The summed E-state index contributed by atoms with van der Waals surface area (Å²) in [4.78, 5) is 53.9. The van der Waals surface area contributed by atoms with E-state index in [-0.39, 0.29) is 52.3 Å². The van der Waals surface area contributed by atoms with E-state index in [1.165, 1.54) is 29.4 Å². The van der Waals surface area contributed by atoms with Gasteiger partial charge in [-0.15, -0.1) is 0 Å². The summed E-state index contributed by atoms with van der Waals surface area (Å²) in [6, 6.07) is 6.92. The molecule has 1 aliphatic carbocycles. The Hall–Kier alpha value is -4.05. The van der Waals surface area contributed by atoms with Crippen LogP contribution in [-0.2, 0) is 23.7 Å². The molecule has 1 spiro atoms. The molecule has 3 aliphatic rings. The number of amides is 1. The maximum Gasteiger partial charge on any atom is 0.328 e. The summed E-state index contributed by atoms with van der Waals surface area (Å²) >= 11 is 6.54. The summed E-state index contributed by atoms with van der Waals surface area (Å²) in [6.45, 7) is 1.74. The predicted molar refractivity (Wildman–Crippen MR) is 142 cm³/mol. The lowest BCUT2D eigenvalue weighted by Gasteiger charge is -2.41. The molecule has 1 amide bonds. The van der Waals surface area contributed by atoms with Crippen LogP contribution in [0.15, 0.2) is 40.3 Å². The first kappa shape index (κ1) is 25.2. The SMILES string of the molecule is COc1cc(OC)c2c(c1Cl)O[C@@]1(C(=O)C3=C(C[C@H]1C)NC(=O)C[C@@H]3c1ccc3c(c1)n(C)c(=O)n3C)C2=O. The zero-order valence-electron chi connectivity index (χ0n) is 22.0. The topological polar surface area (TPSA) is 118 Å². The fraction of sp³-hybridized carbons (Fsp3) is 0.357. The van der Waals surface area contributed by atoms with Gasteiger partial charge in [0.2, 0.25) is 23.1 Å². The number of methoxy groups -OCH3 is 2. The average Bonchev–Trinajstić information content (AvgIpc) is 3.35. The highest BCUT2D eigenvalue weighted by molar-refractivity contribution is 6.36. The van der Waals surface area contributed by atoms with Crippen LogP contribution in [0, 0.1) is 5.92 Å². The van der Waals surface area contributed by atoms with Crippen LogP contribution in [0.2, 0.25) is 5.02 Å². The highest BCUT2D eigenvalue weighted by atomic mass is 35.5. The van der Waals surface area contributed by atoms with Gasteiger partial charge in [0.15, 0.2) is 5.75 Å². The average molecular weight is 552 g/mol. The summed E-state index contributed by atoms with van der Waals surface area (Å²) in [6.07, 6.45) is 0.229. The zero-order chi connectivity index (χ0) is 28.0. The number of halogens is 1. The zero-order valence-corrected chi connectivity index (χ0v) is 22.8. The molecular weight excluding hydrogens is 526 g/mol. The smallest absolute Gasteiger partial charge is 0.328 e. The standard InChI is InChI=1S/C28H26ClN3O7/c1-12-8-15-21(14(10-20(33)30-15)13-6-7-16-17(9-13)32(3)27(36)31(16)2)25(34)28(12)26(35)22-18(37-4)11-19(38-5)23(29)24(22)39-28/h6-7,9,11-12,14H,8,10H2,1-5H3,(H,30,33)/t12-,14-,28+/m1/s1. The minimum atomic E-state index is -1.88. The Morgan fingerprint density at radius 2 is 1.67 bits per heavy atom. The number of allylic oxidation sites excluding steroid dienone is 1. The van der Waals surface area contributed by atoms with Crippen LogP contribution in [0.4, 0.5) is 0 Å². The molecule has 0 bridgehead atoms. The Balaban J connectivity index is 1.51. The van der Waals surface area contributed by atoms with Gasteiger partial charge >= 0.3 is 5.69 Å². The Morgan fingerprint density at radius 3 is 2.36 bits per heavy atom. The van der Waals surface area contributed by atoms with Crippen molar-refractivity contribution >= 4 is 40.1 Å². The van der Waals surface area contributed by atoms with E-state index in [1.54, 1.807) is 27.1 Å². The maximum absolute atomic E-state index is 14.5. The molecule has 3 atom stereocenters. The van der Waals surface area contributed by atoms with Crippen LogP contribution >= 0.6 is 11.6 Å². The second-order valence-electron chi connectivity index (χ2n) is 10.2. The van der Waals surface area contributed by atoms with E-state index in [0.717, 1.165) is 5.52 Å². The van der Waals surface area contributed by atoms with E-state index in [4.69, 9.17) is 25.8 Å². The number of carbonyl (C=O) groups is 3. The predicted octanol–water partition coefficient (Wildman–Crippen LogP) is 3.03. The third-order valence-electron chi connectivity index (χ3n) is 8.26. The molecule has 2 aliphatic heterocycles. The first-order valence-electron chi connectivity index (χ1n) is 12.5. The number of nitrogens with one attached hydrogen (secondary N) is 1. The molecule has 11 heteroatoms. The van der Waals surface area contributed by atoms with Crippen molar-refractivity contribution in [2.24, 2.45) is 20.0 Å². The number of Topliss-reactive ketones (excluding diaryl/α,β-unsaturated/α-hetero) is 2. The molecule has 0 radical (unpaired) electrons. The molecule has 1 aromatic heterocycles. The molecule has 0 fully saturated rings. The Bertz CT molecular complexity index is 1730. The normalized spacial score (nSPS) is 24.1. The first-order valence-corrected chi connectivity index (χ1v) is 12.8. The van der Waals surface area contributed by atoms with Crippen LogP contribution in [0.3, 0.4) is 0 Å². The van der Waals surface area contributed by atoms with E-state index >= 15 is 0 Å². The van der Waals surface area contributed by atoms with E-state index in [2.05, 4.69) is 5.32 Å². The lowest BCUT2D eigenvalue weighted by molar-refractivity contribution is -0.131.